The van der Waals surface area contributed by atoms with E-state index in [9.17, 15) is 14.4 Å². The first-order chi connectivity index (χ1) is 15.4. The average molecular weight is 447 g/mol. The number of hydrogen-bond acceptors (Lipinski definition) is 9. The number of fused-ring (bicyclic) bond motifs is 1. The van der Waals surface area contributed by atoms with Gasteiger partial charge in [-0.15, -0.1) is 0 Å². The van der Waals surface area contributed by atoms with Crippen LogP contribution in [-0.4, -0.2) is 81.7 Å². The molecule has 1 aliphatic rings. The third-order valence-corrected chi connectivity index (χ3v) is 5.37. The molecule has 1 saturated heterocycles. The van der Waals surface area contributed by atoms with Gasteiger partial charge in [0.2, 0.25) is 5.91 Å². The van der Waals surface area contributed by atoms with Gasteiger partial charge in [-0.25, -0.2) is 4.98 Å². The van der Waals surface area contributed by atoms with Crippen LogP contribution in [-0.2, 0) is 30.3 Å². The first-order valence-corrected chi connectivity index (χ1v) is 11.0. The van der Waals surface area contributed by atoms with E-state index in [2.05, 4.69) is 20.0 Å². The molecule has 3 heterocycles. The minimum Gasteiger partial charge on any atom is -0.466 e. The number of ether oxygens (including phenoxy) is 2. The van der Waals surface area contributed by atoms with Crippen molar-refractivity contribution < 1.29 is 23.9 Å². The summed E-state index contributed by atoms with van der Waals surface area (Å²) >= 11 is 0. The number of amides is 1. The maximum Gasteiger partial charge on any atom is 0.306 e. The van der Waals surface area contributed by atoms with Crippen molar-refractivity contribution in [3.05, 3.63) is 17.6 Å². The molecule has 11 heteroatoms. The van der Waals surface area contributed by atoms with Crippen molar-refractivity contribution in [2.24, 2.45) is 0 Å². The lowest BCUT2D eigenvalue weighted by atomic mass is 10.1. The summed E-state index contributed by atoms with van der Waals surface area (Å²) in [5.74, 6) is 0.662. The number of rotatable bonds is 9. The summed E-state index contributed by atoms with van der Waals surface area (Å²) in [7, 11) is 0. The number of nitrogens with zero attached hydrogens (tertiary/aromatic N) is 6. The van der Waals surface area contributed by atoms with E-state index in [0.29, 0.717) is 51.6 Å². The summed E-state index contributed by atoms with van der Waals surface area (Å²) in [5.41, 5.74) is 1.70. The van der Waals surface area contributed by atoms with Crippen LogP contribution in [0.1, 0.15) is 44.4 Å². The highest BCUT2D eigenvalue weighted by Gasteiger charge is 2.26. The number of carbonyl (C=O) groups is 3. The third-order valence-electron chi connectivity index (χ3n) is 5.37. The highest BCUT2D eigenvalue weighted by atomic mass is 16.5. The molecule has 1 fully saturated rings. The van der Waals surface area contributed by atoms with Crippen molar-refractivity contribution >= 4 is 29.4 Å². The fraction of sp³-hybridized carbons (Fsp3) is 0.619. The van der Waals surface area contributed by atoms with E-state index in [1.54, 1.807) is 23.3 Å². The number of piperazine rings is 1. The Morgan fingerprint density at radius 1 is 0.969 bits per heavy atom. The van der Waals surface area contributed by atoms with Crippen molar-refractivity contribution in [2.75, 3.05) is 44.3 Å². The molecule has 0 radical (unpaired) electrons. The van der Waals surface area contributed by atoms with Gasteiger partial charge in [-0.2, -0.15) is 14.6 Å². The largest absolute Gasteiger partial charge is 0.466 e. The first kappa shape index (κ1) is 23.4. The van der Waals surface area contributed by atoms with Crippen molar-refractivity contribution in [2.45, 2.75) is 46.5 Å². The lowest BCUT2D eigenvalue weighted by Crippen LogP contribution is -2.49. The Morgan fingerprint density at radius 3 is 2.28 bits per heavy atom. The highest BCUT2D eigenvalue weighted by molar-refractivity contribution is 5.81. The second-order valence-electron chi connectivity index (χ2n) is 7.45. The molecule has 1 amide bonds. The second kappa shape index (κ2) is 10.9. The molecule has 2 aromatic heterocycles. The molecule has 11 nitrogen and oxygen atoms in total. The molecule has 1 aliphatic heterocycles. The average Bonchev–Trinajstić information content (AvgIpc) is 3.24. The molecule has 174 valence electrons. The Labute approximate surface area is 186 Å². The van der Waals surface area contributed by atoms with Gasteiger partial charge in [0, 0.05) is 50.3 Å². The SMILES string of the molecule is CCOC(=O)CCC(=O)N1CCN(c2c(CCC(=O)OCC)c(C)nc3ncnn23)CC1. The second-order valence-corrected chi connectivity index (χ2v) is 7.45. The summed E-state index contributed by atoms with van der Waals surface area (Å²) in [4.78, 5) is 48.6. The Kier molecular flexibility index (Phi) is 7.96. The molecule has 0 unspecified atom stereocenters. The van der Waals surface area contributed by atoms with Gasteiger partial charge in [-0.3, -0.25) is 14.4 Å². The van der Waals surface area contributed by atoms with E-state index >= 15 is 0 Å². The highest BCUT2D eigenvalue weighted by Crippen LogP contribution is 2.26. The summed E-state index contributed by atoms with van der Waals surface area (Å²) in [5, 5.41) is 4.33. The van der Waals surface area contributed by atoms with Crippen LogP contribution in [0.4, 0.5) is 5.82 Å². The van der Waals surface area contributed by atoms with E-state index in [0.717, 1.165) is 17.1 Å². The zero-order chi connectivity index (χ0) is 23.1. The predicted octanol–water partition coefficient (Wildman–Crippen LogP) is 0.920. The van der Waals surface area contributed by atoms with Gasteiger partial charge in [0.15, 0.2) is 0 Å². The smallest absolute Gasteiger partial charge is 0.306 e. The van der Waals surface area contributed by atoms with Gasteiger partial charge in [-0.1, -0.05) is 0 Å². The van der Waals surface area contributed by atoms with E-state index < -0.39 is 0 Å². The predicted molar refractivity (Wildman–Crippen MR) is 115 cm³/mol. The molecule has 0 spiro atoms. The van der Waals surface area contributed by atoms with Crippen molar-refractivity contribution in [1.82, 2.24) is 24.5 Å². The van der Waals surface area contributed by atoms with Gasteiger partial charge in [0.25, 0.3) is 5.78 Å². The third kappa shape index (κ3) is 5.51. The summed E-state index contributed by atoms with van der Waals surface area (Å²) < 4.78 is 11.7. The van der Waals surface area contributed by atoms with Crippen LogP contribution in [0.15, 0.2) is 6.33 Å². The molecule has 3 rings (SSSR count). The number of hydrogen-bond donors (Lipinski definition) is 0. The van der Waals surface area contributed by atoms with Crippen LogP contribution in [0.5, 0.6) is 0 Å². The minimum atomic E-state index is -0.355. The Balaban J connectivity index is 1.72. The maximum atomic E-state index is 12.5. The van der Waals surface area contributed by atoms with Crippen molar-refractivity contribution in [3.63, 3.8) is 0 Å². The fourth-order valence-electron chi connectivity index (χ4n) is 3.81. The molecular formula is C21H30N6O5. The van der Waals surface area contributed by atoms with Gasteiger partial charge in [-0.05, 0) is 27.2 Å². The van der Waals surface area contributed by atoms with E-state index in [1.807, 2.05) is 6.92 Å². The first-order valence-electron chi connectivity index (χ1n) is 11.0. The number of carbonyl (C=O) groups excluding carboxylic acids is 3. The van der Waals surface area contributed by atoms with Crippen molar-refractivity contribution in [3.8, 4) is 0 Å². The zero-order valence-corrected chi connectivity index (χ0v) is 18.9. The number of esters is 2. The number of aryl methyl sites for hydroxylation is 1. The lowest BCUT2D eigenvalue weighted by Gasteiger charge is -2.37. The molecule has 0 saturated carbocycles. The molecule has 0 atom stereocenters. The molecule has 0 N–H and O–H groups in total. The van der Waals surface area contributed by atoms with Crippen LogP contribution < -0.4 is 4.90 Å². The molecule has 32 heavy (non-hydrogen) atoms. The van der Waals surface area contributed by atoms with Gasteiger partial charge in [0.1, 0.15) is 12.1 Å². The number of aromatic nitrogens is 4. The van der Waals surface area contributed by atoms with Crippen LogP contribution in [0.25, 0.3) is 5.78 Å². The molecule has 2 aromatic rings. The Bertz CT molecular complexity index is 967. The van der Waals surface area contributed by atoms with Gasteiger partial charge in [0.05, 0.1) is 19.6 Å². The lowest BCUT2D eigenvalue weighted by molar-refractivity contribution is -0.145. The normalized spacial score (nSPS) is 14.0. The zero-order valence-electron chi connectivity index (χ0n) is 18.9. The van der Waals surface area contributed by atoms with Crippen molar-refractivity contribution in [1.29, 1.82) is 0 Å². The summed E-state index contributed by atoms with van der Waals surface area (Å²) in [6, 6.07) is 0. The maximum absolute atomic E-state index is 12.5. The Hall–Kier alpha value is -3.24. The van der Waals surface area contributed by atoms with Crippen LogP contribution in [0, 0.1) is 6.92 Å². The molecule has 0 aromatic carbocycles. The number of anilines is 1. The van der Waals surface area contributed by atoms with Crippen LogP contribution in [0.2, 0.25) is 0 Å². The monoisotopic (exact) mass is 446 g/mol. The van der Waals surface area contributed by atoms with Gasteiger partial charge < -0.3 is 19.3 Å². The summed E-state index contributed by atoms with van der Waals surface area (Å²) in [6.07, 6.45) is 2.41. The Morgan fingerprint density at radius 2 is 1.62 bits per heavy atom. The van der Waals surface area contributed by atoms with E-state index in [4.69, 9.17) is 9.47 Å². The van der Waals surface area contributed by atoms with Crippen LogP contribution >= 0.6 is 0 Å². The fourth-order valence-corrected chi connectivity index (χ4v) is 3.81. The van der Waals surface area contributed by atoms with Crippen LogP contribution in [0.3, 0.4) is 0 Å². The standard InChI is InChI=1S/C21H30N6O5/c1-4-31-18(29)8-6-16-15(3)24-21-22-14-23-27(21)20(16)26-12-10-25(11-13-26)17(28)7-9-19(30)32-5-2/h14H,4-13H2,1-3H3. The molecule has 0 aliphatic carbocycles. The molecular weight excluding hydrogens is 416 g/mol. The molecule has 0 bridgehead atoms. The van der Waals surface area contributed by atoms with E-state index in [1.165, 1.54) is 6.33 Å². The van der Waals surface area contributed by atoms with E-state index in [-0.39, 0.29) is 37.1 Å². The summed E-state index contributed by atoms with van der Waals surface area (Å²) in [6.45, 7) is 8.31. The quantitative estimate of drug-likeness (QED) is 0.518. The van der Waals surface area contributed by atoms with Gasteiger partial charge >= 0.3 is 11.9 Å². The minimum absolute atomic E-state index is 0.0583. The topological polar surface area (TPSA) is 119 Å².